The predicted octanol–water partition coefficient (Wildman–Crippen LogP) is 16.0. The first-order valence-electron chi connectivity index (χ1n) is 24.4. The van der Waals surface area contributed by atoms with Crippen molar-refractivity contribution in [3.8, 4) is 0 Å². The van der Waals surface area contributed by atoms with Gasteiger partial charge in [0, 0.05) is 54.7 Å². The molecule has 3 aliphatic rings. The molecule has 5 heteroatoms. The normalized spacial score (nSPS) is 15.8. The highest BCUT2D eigenvalue weighted by Crippen LogP contribution is 2.53. The number of thiophene rings is 1. The SMILES string of the molecule is Cc1cc(N(c2ccccc2)c2ccccc2)cc(C)c1N1c2cc3c(cc2B2c4sc5ccc(C(C)(C)C)cc5c4N(c4ccc(C(C)(C)C)cc4)c4cccc1c42)C(C)(C)CCC3(C)C. The second-order valence-corrected chi connectivity index (χ2v) is 24.1. The van der Waals surface area contributed by atoms with Gasteiger partial charge in [0.15, 0.2) is 0 Å². The third-order valence-electron chi connectivity index (χ3n) is 15.4. The lowest BCUT2D eigenvalue weighted by atomic mass is 9.35. The van der Waals surface area contributed by atoms with Crippen LogP contribution >= 0.6 is 11.3 Å². The molecule has 0 atom stereocenters. The number of benzene rings is 7. The Bertz CT molecular complexity index is 3180. The van der Waals surface area contributed by atoms with Crippen LogP contribution in [0, 0.1) is 13.8 Å². The zero-order chi connectivity index (χ0) is 46.9. The molecule has 0 amide bonds. The number of nitrogens with zero attached hydrogens (tertiary/aromatic N) is 3. The molecular formula is C62H64BN3S. The molecule has 7 aromatic carbocycles. The van der Waals surface area contributed by atoms with Crippen molar-refractivity contribution < 1.29 is 0 Å². The first-order chi connectivity index (χ1) is 31.8. The van der Waals surface area contributed by atoms with Gasteiger partial charge < -0.3 is 14.7 Å². The summed E-state index contributed by atoms with van der Waals surface area (Å²) in [5, 5.41) is 1.34. The Hall–Kier alpha value is -6.04. The highest BCUT2D eigenvalue weighted by atomic mass is 32.1. The van der Waals surface area contributed by atoms with E-state index in [2.05, 4.69) is 243 Å². The third-order valence-corrected chi connectivity index (χ3v) is 16.6. The van der Waals surface area contributed by atoms with E-state index < -0.39 is 0 Å². The Morgan fingerprint density at radius 1 is 0.522 bits per heavy atom. The van der Waals surface area contributed by atoms with Crippen molar-refractivity contribution in [2.24, 2.45) is 0 Å². The maximum atomic E-state index is 2.68. The van der Waals surface area contributed by atoms with E-state index >= 15 is 0 Å². The van der Waals surface area contributed by atoms with Gasteiger partial charge in [-0.15, -0.1) is 11.3 Å². The van der Waals surface area contributed by atoms with E-state index in [1.807, 2.05) is 11.3 Å². The maximum absolute atomic E-state index is 2.68. The molecule has 1 aliphatic carbocycles. The third kappa shape index (κ3) is 6.97. The van der Waals surface area contributed by atoms with E-state index in [0.29, 0.717) is 0 Å². The number of hydrogen-bond donors (Lipinski definition) is 0. The quantitative estimate of drug-likeness (QED) is 0.159. The van der Waals surface area contributed by atoms with E-state index in [-0.39, 0.29) is 28.4 Å². The molecule has 3 heterocycles. The molecule has 0 saturated heterocycles. The monoisotopic (exact) mass is 893 g/mol. The zero-order valence-electron chi connectivity index (χ0n) is 41.6. The van der Waals surface area contributed by atoms with Crippen molar-refractivity contribution >= 4 is 95.0 Å². The molecule has 336 valence electrons. The summed E-state index contributed by atoms with van der Waals surface area (Å²) < 4.78 is 2.77. The summed E-state index contributed by atoms with van der Waals surface area (Å²) in [6, 6.07) is 55.6. The molecule has 0 unspecified atom stereocenters. The predicted molar refractivity (Wildman–Crippen MR) is 293 cm³/mol. The number of aryl methyl sites for hydroxylation is 2. The lowest BCUT2D eigenvalue weighted by Gasteiger charge is -2.47. The second-order valence-electron chi connectivity index (χ2n) is 23.0. The van der Waals surface area contributed by atoms with Gasteiger partial charge in [-0.3, -0.25) is 0 Å². The fourth-order valence-corrected chi connectivity index (χ4v) is 12.9. The van der Waals surface area contributed by atoms with E-state index in [1.165, 1.54) is 99.7 Å². The van der Waals surface area contributed by atoms with Gasteiger partial charge in [0.05, 0.1) is 11.4 Å². The van der Waals surface area contributed by atoms with Gasteiger partial charge in [-0.2, -0.15) is 0 Å². The van der Waals surface area contributed by atoms with Gasteiger partial charge in [0.2, 0.25) is 0 Å². The Labute approximate surface area is 404 Å². The highest BCUT2D eigenvalue weighted by molar-refractivity contribution is 7.33. The topological polar surface area (TPSA) is 9.72 Å². The van der Waals surface area contributed by atoms with Crippen molar-refractivity contribution in [3.05, 3.63) is 179 Å². The van der Waals surface area contributed by atoms with Crippen LogP contribution in [-0.2, 0) is 21.7 Å². The zero-order valence-corrected chi connectivity index (χ0v) is 42.4. The molecule has 0 N–H and O–H groups in total. The molecule has 8 aromatic rings. The van der Waals surface area contributed by atoms with Crippen LogP contribution in [0.5, 0.6) is 0 Å². The fraction of sp³-hybridized carbons (Fsp3) is 0.290. The van der Waals surface area contributed by atoms with E-state index in [0.717, 1.165) is 23.5 Å². The van der Waals surface area contributed by atoms with Gasteiger partial charge in [-0.05, 0) is 172 Å². The molecule has 1 aromatic heterocycles. The summed E-state index contributed by atoms with van der Waals surface area (Å²) >= 11 is 2.00. The second kappa shape index (κ2) is 15.2. The van der Waals surface area contributed by atoms with Crippen molar-refractivity contribution in [3.63, 3.8) is 0 Å². The van der Waals surface area contributed by atoms with Crippen molar-refractivity contribution in [1.82, 2.24) is 0 Å². The van der Waals surface area contributed by atoms with Crippen LogP contribution in [0.1, 0.15) is 115 Å². The van der Waals surface area contributed by atoms with Gasteiger partial charge >= 0.3 is 0 Å². The van der Waals surface area contributed by atoms with Crippen LogP contribution < -0.4 is 30.4 Å². The largest absolute Gasteiger partial charge is 0.311 e. The molecule has 0 spiro atoms. The summed E-state index contributed by atoms with van der Waals surface area (Å²) in [5.74, 6) is 0. The van der Waals surface area contributed by atoms with Crippen LogP contribution in [0.2, 0.25) is 0 Å². The van der Waals surface area contributed by atoms with Crippen molar-refractivity contribution in [1.29, 1.82) is 0 Å². The minimum atomic E-state index is 0.0157. The van der Waals surface area contributed by atoms with Crippen molar-refractivity contribution in [2.45, 2.75) is 118 Å². The van der Waals surface area contributed by atoms with Crippen molar-refractivity contribution in [2.75, 3.05) is 14.7 Å². The number of anilines is 9. The fourth-order valence-electron chi connectivity index (χ4n) is 11.6. The first-order valence-corrected chi connectivity index (χ1v) is 25.2. The maximum Gasteiger partial charge on any atom is 0.264 e. The Kier molecular flexibility index (Phi) is 9.90. The number of rotatable bonds is 5. The number of hydrogen-bond acceptors (Lipinski definition) is 4. The molecule has 11 rings (SSSR count). The Balaban J connectivity index is 1.21. The van der Waals surface area contributed by atoms with Gasteiger partial charge in [-0.25, -0.2) is 0 Å². The van der Waals surface area contributed by atoms with Gasteiger partial charge in [0.25, 0.3) is 6.71 Å². The Morgan fingerprint density at radius 2 is 1.06 bits per heavy atom. The molecule has 67 heavy (non-hydrogen) atoms. The Morgan fingerprint density at radius 3 is 1.63 bits per heavy atom. The van der Waals surface area contributed by atoms with Gasteiger partial charge in [-0.1, -0.05) is 136 Å². The summed E-state index contributed by atoms with van der Waals surface area (Å²) in [6.07, 6.45) is 2.33. The molecule has 2 aliphatic heterocycles. The highest BCUT2D eigenvalue weighted by Gasteiger charge is 2.48. The molecule has 3 nitrogen and oxygen atoms in total. The van der Waals surface area contributed by atoms with E-state index in [4.69, 9.17) is 0 Å². The van der Waals surface area contributed by atoms with Crippen LogP contribution in [0.25, 0.3) is 10.1 Å². The smallest absolute Gasteiger partial charge is 0.264 e. The summed E-state index contributed by atoms with van der Waals surface area (Å²) in [7, 11) is 0. The number of fused-ring (bicyclic) bond motifs is 7. The molecule has 0 saturated carbocycles. The standard InChI is InChI=1S/C62H64BN3S/c1-39-34-46(64(43-20-15-13-16-21-43)44-22-17-14-18-23-44)35-40(2)56(39)66-52-25-19-24-51-55(52)63(50-37-48-49(38-53(50)66)62(11,12)33-32-61(48,9)10)58-57(47-36-42(60(6,7)8)28-31-54(47)67-58)65(51)45-29-26-41(27-30-45)59(3,4)5/h13-31,34-38H,32-33H2,1-12H3. The number of para-hydroxylation sites is 2. The molecule has 0 bridgehead atoms. The lowest BCUT2D eigenvalue weighted by molar-refractivity contribution is 0.332. The summed E-state index contributed by atoms with van der Waals surface area (Å²) in [4.78, 5) is 7.69. The average Bonchev–Trinajstić information content (AvgIpc) is 3.67. The molecular weight excluding hydrogens is 830 g/mol. The summed E-state index contributed by atoms with van der Waals surface area (Å²) in [6.45, 7) is 28.6. The van der Waals surface area contributed by atoms with E-state index in [9.17, 15) is 0 Å². The van der Waals surface area contributed by atoms with E-state index in [1.54, 1.807) is 0 Å². The summed E-state index contributed by atoms with van der Waals surface area (Å²) in [5.41, 5.74) is 22.2. The van der Waals surface area contributed by atoms with Crippen LogP contribution in [0.4, 0.5) is 51.2 Å². The lowest BCUT2D eigenvalue weighted by Crippen LogP contribution is -2.61. The van der Waals surface area contributed by atoms with Gasteiger partial charge in [0.1, 0.15) is 0 Å². The minimum absolute atomic E-state index is 0.0157. The van der Waals surface area contributed by atoms with Crippen LogP contribution in [-0.4, -0.2) is 6.71 Å². The van der Waals surface area contributed by atoms with Crippen LogP contribution in [0.3, 0.4) is 0 Å². The minimum Gasteiger partial charge on any atom is -0.311 e. The first kappa shape index (κ1) is 43.5. The van der Waals surface area contributed by atoms with Crippen LogP contribution in [0.15, 0.2) is 146 Å². The molecule has 0 fully saturated rings. The molecule has 0 radical (unpaired) electrons. The average molecular weight is 894 g/mol.